The number of pyridine rings is 1. The number of carbonyl (C=O) groups excluding carboxylic acids is 1. The summed E-state index contributed by atoms with van der Waals surface area (Å²) in [4.78, 5) is 14.4. The molecular weight excluding hydrogens is 411 g/mol. The Morgan fingerprint density at radius 1 is 1.10 bits per heavy atom. The highest BCUT2D eigenvalue weighted by Crippen LogP contribution is 2.27. The summed E-state index contributed by atoms with van der Waals surface area (Å²) in [6, 6.07) is 11.6. The van der Waals surface area contributed by atoms with Crippen molar-refractivity contribution in [2.75, 3.05) is 19.6 Å². The lowest BCUT2D eigenvalue weighted by Gasteiger charge is -2.30. The van der Waals surface area contributed by atoms with E-state index < -0.39 is 6.36 Å². The van der Waals surface area contributed by atoms with Crippen molar-refractivity contribution < 1.29 is 22.7 Å². The zero-order valence-corrected chi connectivity index (χ0v) is 16.7. The Bertz CT molecular complexity index is 1040. The lowest BCUT2D eigenvalue weighted by molar-refractivity contribution is -0.274. The van der Waals surface area contributed by atoms with E-state index in [4.69, 9.17) is 0 Å². The summed E-state index contributed by atoms with van der Waals surface area (Å²) >= 11 is 0. The Balaban J connectivity index is 1.27. The van der Waals surface area contributed by atoms with Crippen molar-refractivity contribution in [2.24, 2.45) is 0 Å². The summed E-state index contributed by atoms with van der Waals surface area (Å²) in [6.45, 7) is 1.62. The second-order valence-corrected chi connectivity index (χ2v) is 7.47. The van der Waals surface area contributed by atoms with Gasteiger partial charge in [-0.15, -0.1) is 23.4 Å². The number of halogens is 3. The second kappa shape index (κ2) is 8.93. The molecule has 0 spiro atoms. The molecule has 1 N–H and O–H groups in total. The summed E-state index contributed by atoms with van der Waals surface area (Å²) in [5.41, 5.74) is 1.08. The first-order valence-corrected chi connectivity index (χ1v) is 10.0. The van der Waals surface area contributed by atoms with Gasteiger partial charge in [0.05, 0.1) is 6.54 Å². The zero-order valence-electron chi connectivity index (χ0n) is 16.7. The fraction of sp³-hybridized carbons (Fsp3) is 0.381. The molecule has 164 valence electrons. The third-order valence-electron chi connectivity index (χ3n) is 5.33. The Hall–Kier alpha value is -3.14. The Morgan fingerprint density at radius 2 is 1.84 bits per heavy atom. The first-order chi connectivity index (χ1) is 14.9. The number of aromatic nitrogens is 3. The van der Waals surface area contributed by atoms with Crippen molar-refractivity contribution in [1.82, 2.24) is 24.8 Å². The van der Waals surface area contributed by atoms with E-state index in [1.165, 1.54) is 18.2 Å². The summed E-state index contributed by atoms with van der Waals surface area (Å²) in [7, 11) is 0. The molecule has 2 aromatic heterocycles. The molecule has 0 atom stereocenters. The Kier molecular flexibility index (Phi) is 6.08. The lowest BCUT2D eigenvalue weighted by atomic mass is 9.96. The van der Waals surface area contributed by atoms with Crippen LogP contribution in [0.25, 0.3) is 5.65 Å². The van der Waals surface area contributed by atoms with Crippen LogP contribution in [0.5, 0.6) is 5.75 Å². The SMILES string of the molecule is O=C(CN1CCC(c2nnc3ccccn23)CC1)NCc1ccccc1OC(F)(F)F. The van der Waals surface area contributed by atoms with Crippen LogP contribution in [0.3, 0.4) is 0 Å². The van der Waals surface area contributed by atoms with Crippen LogP contribution in [0.4, 0.5) is 13.2 Å². The van der Waals surface area contributed by atoms with Crippen LogP contribution in [0.1, 0.15) is 30.1 Å². The number of nitrogens with zero attached hydrogens (tertiary/aromatic N) is 4. The molecule has 0 bridgehead atoms. The third-order valence-corrected chi connectivity index (χ3v) is 5.33. The number of amides is 1. The largest absolute Gasteiger partial charge is 0.573 e. The standard InChI is InChI=1S/C21H22F3N5O2/c22-21(23,24)31-17-6-2-1-5-16(17)13-25-19(30)14-28-11-8-15(9-12-28)20-27-26-18-7-3-4-10-29(18)20/h1-7,10,15H,8-9,11-14H2,(H,25,30). The first kappa shape index (κ1) is 21.1. The van der Waals surface area contributed by atoms with E-state index in [-0.39, 0.29) is 36.2 Å². The van der Waals surface area contributed by atoms with E-state index in [9.17, 15) is 18.0 Å². The molecule has 3 heterocycles. The molecule has 10 heteroatoms. The average molecular weight is 433 g/mol. The number of nitrogens with one attached hydrogen (secondary N) is 1. The van der Waals surface area contributed by atoms with Crippen LogP contribution in [0.15, 0.2) is 48.7 Å². The molecule has 1 aliphatic rings. The van der Waals surface area contributed by atoms with Crippen molar-refractivity contribution in [1.29, 1.82) is 0 Å². The number of benzene rings is 1. The van der Waals surface area contributed by atoms with E-state index in [0.29, 0.717) is 0 Å². The molecule has 1 aromatic carbocycles. The second-order valence-electron chi connectivity index (χ2n) is 7.47. The maximum absolute atomic E-state index is 12.5. The maximum Gasteiger partial charge on any atom is 0.573 e. The maximum atomic E-state index is 12.5. The molecule has 4 rings (SSSR count). The number of alkyl halides is 3. The van der Waals surface area contributed by atoms with Gasteiger partial charge in [0.25, 0.3) is 0 Å². The molecule has 0 radical (unpaired) electrons. The number of para-hydroxylation sites is 1. The lowest BCUT2D eigenvalue weighted by Crippen LogP contribution is -2.41. The third kappa shape index (κ3) is 5.32. The summed E-state index contributed by atoms with van der Waals surface area (Å²) in [6.07, 6.45) is -1.12. The monoisotopic (exact) mass is 433 g/mol. The summed E-state index contributed by atoms with van der Waals surface area (Å²) in [5, 5.41) is 11.2. The van der Waals surface area contributed by atoms with Crippen LogP contribution in [0.2, 0.25) is 0 Å². The predicted octanol–water partition coefficient (Wildman–Crippen LogP) is 3.12. The normalized spacial score (nSPS) is 15.8. The zero-order chi connectivity index (χ0) is 21.8. The van der Waals surface area contributed by atoms with Crippen LogP contribution in [-0.4, -0.2) is 51.4 Å². The highest BCUT2D eigenvalue weighted by Gasteiger charge is 2.32. The van der Waals surface area contributed by atoms with E-state index in [0.717, 1.165) is 37.4 Å². The van der Waals surface area contributed by atoms with Gasteiger partial charge in [0.15, 0.2) is 5.65 Å². The number of hydrogen-bond donors (Lipinski definition) is 1. The van der Waals surface area contributed by atoms with Gasteiger partial charge in [-0.25, -0.2) is 0 Å². The number of fused-ring (bicyclic) bond motifs is 1. The highest BCUT2D eigenvalue weighted by molar-refractivity contribution is 5.78. The number of hydrogen-bond acceptors (Lipinski definition) is 5. The van der Waals surface area contributed by atoms with Crippen molar-refractivity contribution in [3.63, 3.8) is 0 Å². The van der Waals surface area contributed by atoms with Crippen LogP contribution in [-0.2, 0) is 11.3 Å². The quantitative estimate of drug-likeness (QED) is 0.647. The van der Waals surface area contributed by atoms with Gasteiger partial charge in [0.2, 0.25) is 5.91 Å². The first-order valence-electron chi connectivity index (χ1n) is 10.0. The summed E-state index contributed by atoms with van der Waals surface area (Å²) in [5.74, 6) is 0.647. The number of likely N-dealkylation sites (tertiary alicyclic amines) is 1. The average Bonchev–Trinajstić information content (AvgIpc) is 3.17. The van der Waals surface area contributed by atoms with Crippen LogP contribution >= 0.6 is 0 Å². The fourth-order valence-electron chi connectivity index (χ4n) is 3.81. The minimum atomic E-state index is -4.78. The highest BCUT2D eigenvalue weighted by atomic mass is 19.4. The molecule has 1 amide bonds. The number of piperidine rings is 1. The molecular formula is C21H22F3N5O2. The van der Waals surface area contributed by atoms with Gasteiger partial charge in [-0.1, -0.05) is 24.3 Å². The summed E-state index contributed by atoms with van der Waals surface area (Å²) < 4.78 is 43.6. The molecule has 1 fully saturated rings. The van der Waals surface area contributed by atoms with E-state index in [1.807, 2.05) is 33.7 Å². The van der Waals surface area contributed by atoms with Gasteiger partial charge in [-0.2, -0.15) is 0 Å². The van der Waals surface area contributed by atoms with E-state index in [2.05, 4.69) is 20.3 Å². The number of carbonyl (C=O) groups is 1. The number of ether oxygens (including phenoxy) is 1. The minimum absolute atomic E-state index is 0.0344. The van der Waals surface area contributed by atoms with E-state index in [1.54, 1.807) is 6.07 Å². The molecule has 7 nitrogen and oxygen atoms in total. The van der Waals surface area contributed by atoms with Crippen molar-refractivity contribution >= 4 is 11.6 Å². The van der Waals surface area contributed by atoms with E-state index >= 15 is 0 Å². The van der Waals surface area contributed by atoms with Crippen molar-refractivity contribution in [2.45, 2.75) is 31.7 Å². The van der Waals surface area contributed by atoms with Gasteiger partial charge in [-0.05, 0) is 44.1 Å². The van der Waals surface area contributed by atoms with Crippen LogP contribution < -0.4 is 10.1 Å². The van der Waals surface area contributed by atoms with Gasteiger partial charge < -0.3 is 10.1 Å². The van der Waals surface area contributed by atoms with Crippen molar-refractivity contribution in [3.8, 4) is 5.75 Å². The van der Waals surface area contributed by atoms with Gasteiger partial charge >= 0.3 is 6.36 Å². The fourth-order valence-corrected chi connectivity index (χ4v) is 3.81. The molecule has 1 aliphatic heterocycles. The molecule has 1 saturated heterocycles. The molecule has 0 saturated carbocycles. The molecule has 0 unspecified atom stereocenters. The Labute approximate surface area is 176 Å². The topological polar surface area (TPSA) is 71.8 Å². The Morgan fingerprint density at radius 3 is 2.61 bits per heavy atom. The minimum Gasteiger partial charge on any atom is -0.405 e. The molecule has 0 aliphatic carbocycles. The molecule has 3 aromatic rings. The van der Waals surface area contributed by atoms with Crippen molar-refractivity contribution in [3.05, 3.63) is 60.0 Å². The smallest absolute Gasteiger partial charge is 0.405 e. The van der Waals surface area contributed by atoms with Gasteiger partial charge in [0, 0.05) is 24.2 Å². The number of rotatable bonds is 6. The molecule has 31 heavy (non-hydrogen) atoms. The van der Waals surface area contributed by atoms with Gasteiger partial charge in [-0.3, -0.25) is 14.1 Å². The van der Waals surface area contributed by atoms with Gasteiger partial charge in [0.1, 0.15) is 11.6 Å². The van der Waals surface area contributed by atoms with Crippen LogP contribution in [0, 0.1) is 0 Å². The predicted molar refractivity (Wildman–Crippen MR) is 106 cm³/mol.